The van der Waals surface area contributed by atoms with E-state index in [1.807, 2.05) is 48.5 Å². The van der Waals surface area contributed by atoms with Crippen molar-refractivity contribution in [3.05, 3.63) is 59.7 Å². The van der Waals surface area contributed by atoms with Gasteiger partial charge in [-0.3, -0.25) is 14.4 Å². The van der Waals surface area contributed by atoms with E-state index in [0.717, 1.165) is 22.3 Å². The normalized spacial score (nSPS) is 13.3. The van der Waals surface area contributed by atoms with Crippen molar-refractivity contribution in [1.82, 2.24) is 21.3 Å². The van der Waals surface area contributed by atoms with Crippen molar-refractivity contribution in [2.24, 2.45) is 11.7 Å². The first-order chi connectivity index (χ1) is 19.6. The zero-order valence-electron chi connectivity index (χ0n) is 23.4. The van der Waals surface area contributed by atoms with E-state index in [4.69, 9.17) is 15.2 Å². The van der Waals surface area contributed by atoms with Crippen molar-refractivity contribution in [3.63, 3.8) is 0 Å². The van der Waals surface area contributed by atoms with Gasteiger partial charge in [0.05, 0.1) is 0 Å². The first kappa shape index (κ1) is 30.9. The number of urea groups is 1. The number of esters is 1. The highest BCUT2D eigenvalue weighted by atomic mass is 16.5. The number of carbonyl (C=O) groups excluding carboxylic acids is 5. The summed E-state index contributed by atoms with van der Waals surface area (Å²) in [6.07, 6.45) is -0.295. The number of hydrogen-bond acceptors (Lipinski definition) is 7. The van der Waals surface area contributed by atoms with Crippen molar-refractivity contribution < 1.29 is 33.4 Å². The number of nitrogens with one attached hydrogen (secondary N) is 4. The van der Waals surface area contributed by atoms with Gasteiger partial charge in [0, 0.05) is 19.4 Å². The van der Waals surface area contributed by atoms with Crippen LogP contribution in [0.5, 0.6) is 0 Å². The standard InChI is InChI=1S/C29H37N5O7/c1-17(2)25(27(37)33-24(13-8-14-31-28(30)38)26(36)32-16-41-18(3)35)34-29(39)40-15-23-21-11-6-4-9-19(21)20-10-5-7-12-22(20)23/h4-7,9-12,17,23-25H,8,13-16H2,1-3H3,(H,32,36)(H,33,37)(H,34,39)(H3,30,31,38)/t24-,25-/m0/s1. The zero-order chi connectivity index (χ0) is 29.9. The molecule has 0 saturated carbocycles. The molecule has 5 amide bonds. The summed E-state index contributed by atoms with van der Waals surface area (Å²) in [5, 5.41) is 10.1. The van der Waals surface area contributed by atoms with Crippen molar-refractivity contribution in [3.8, 4) is 11.1 Å². The van der Waals surface area contributed by atoms with E-state index >= 15 is 0 Å². The molecule has 2 atom stereocenters. The minimum atomic E-state index is -1.03. The fourth-order valence-corrected chi connectivity index (χ4v) is 4.68. The van der Waals surface area contributed by atoms with Gasteiger partial charge in [-0.25, -0.2) is 9.59 Å². The van der Waals surface area contributed by atoms with Crippen LogP contribution in [-0.4, -0.2) is 61.9 Å². The van der Waals surface area contributed by atoms with Gasteiger partial charge in [-0.15, -0.1) is 0 Å². The molecule has 12 heteroatoms. The van der Waals surface area contributed by atoms with Gasteiger partial charge in [-0.2, -0.15) is 0 Å². The third-order valence-corrected chi connectivity index (χ3v) is 6.69. The Morgan fingerprint density at radius 3 is 2.02 bits per heavy atom. The maximum atomic E-state index is 13.2. The third kappa shape index (κ3) is 8.69. The molecule has 6 N–H and O–H groups in total. The average Bonchev–Trinajstić information content (AvgIpc) is 3.25. The quantitative estimate of drug-likeness (QED) is 0.140. The number of hydrogen-bond donors (Lipinski definition) is 5. The van der Waals surface area contributed by atoms with Gasteiger partial charge in [0.2, 0.25) is 11.8 Å². The SMILES string of the molecule is CC(=O)OCNC(=O)[C@H](CCCNC(N)=O)NC(=O)[C@@H](NC(=O)OCC1c2ccccc2-c2ccccc21)C(C)C. The maximum Gasteiger partial charge on any atom is 0.407 e. The van der Waals surface area contributed by atoms with E-state index in [1.54, 1.807) is 13.8 Å². The molecule has 0 aliphatic heterocycles. The van der Waals surface area contributed by atoms with E-state index in [-0.39, 0.29) is 38.1 Å². The van der Waals surface area contributed by atoms with Crippen LogP contribution in [0.4, 0.5) is 9.59 Å². The summed E-state index contributed by atoms with van der Waals surface area (Å²) in [6, 6.07) is 13.2. The van der Waals surface area contributed by atoms with Crippen LogP contribution < -0.4 is 27.0 Å². The van der Waals surface area contributed by atoms with Gasteiger partial charge >= 0.3 is 18.1 Å². The fourth-order valence-electron chi connectivity index (χ4n) is 4.68. The third-order valence-electron chi connectivity index (χ3n) is 6.69. The molecular weight excluding hydrogens is 530 g/mol. The van der Waals surface area contributed by atoms with Crippen LogP contribution in [0.2, 0.25) is 0 Å². The lowest BCUT2D eigenvalue weighted by Crippen LogP contribution is -2.55. The van der Waals surface area contributed by atoms with E-state index in [2.05, 4.69) is 21.3 Å². The maximum absolute atomic E-state index is 13.2. The number of amides is 5. The van der Waals surface area contributed by atoms with Gasteiger partial charge in [-0.1, -0.05) is 62.4 Å². The lowest BCUT2D eigenvalue weighted by molar-refractivity contribution is -0.143. The van der Waals surface area contributed by atoms with Crippen LogP contribution in [-0.2, 0) is 23.9 Å². The Balaban J connectivity index is 1.62. The highest BCUT2D eigenvalue weighted by molar-refractivity contribution is 5.91. The molecule has 12 nitrogen and oxygen atoms in total. The van der Waals surface area contributed by atoms with Gasteiger partial charge < -0.3 is 36.5 Å². The first-order valence-electron chi connectivity index (χ1n) is 13.4. The van der Waals surface area contributed by atoms with Gasteiger partial charge in [0.25, 0.3) is 0 Å². The number of fused-ring (bicyclic) bond motifs is 3. The number of alkyl carbamates (subject to hydrolysis) is 1. The van der Waals surface area contributed by atoms with E-state index in [0.29, 0.717) is 6.42 Å². The summed E-state index contributed by atoms with van der Waals surface area (Å²) >= 11 is 0. The second-order valence-corrected chi connectivity index (χ2v) is 10.0. The Labute approximate surface area is 238 Å². The van der Waals surface area contributed by atoms with Crippen molar-refractivity contribution in [1.29, 1.82) is 0 Å². The number of nitrogens with two attached hydrogens (primary N) is 1. The Morgan fingerprint density at radius 2 is 1.46 bits per heavy atom. The fraction of sp³-hybridized carbons (Fsp3) is 0.414. The molecule has 2 aromatic rings. The molecule has 1 aliphatic rings. The molecule has 0 bridgehead atoms. The highest BCUT2D eigenvalue weighted by Crippen LogP contribution is 2.44. The molecule has 2 aromatic carbocycles. The Kier molecular flexibility index (Phi) is 11.1. The molecule has 0 unspecified atom stereocenters. The molecule has 0 heterocycles. The predicted octanol–water partition coefficient (Wildman–Crippen LogP) is 2.12. The van der Waals surface area contributed by atoms with E-state index < -0.39 is 42.0 Å². The number of carbonyl (C=O) groups is 5. The summed E-state index contributed by atoms with van der Waals surface area (Å²) in [6.45, 7) is 4.60. The Bertz CT molecular complexity index is 1220. The molecule has 3 rings (SSSR count). The summed E-state index contributed by atoms with van der Waals surface area (Å²) in [4.78, 5) is 60.7. The lowest BCUT2D eigenvalue weighted by atomic mass is 9.98. The lowest BCUT2D eigenvalue weighted by Gasteiger charge is -2.25. The topological polar surface area (TPSA) is 178 Å². The summed E-state index contributed by atoms with van der Waals surface area (Å²) in [7, 11) is 0. The molecule has 0 aromatic heterocycles. The Hall–Kier alpha value is -4.61. The van der Waals surface area contributed by atoms with E-state index in [9.17, 15) is 24.0 Å². The molecule has 0 radical (unpaired) electrons. The van der Waals surface area contributed by atoms with Crippen LogP contribution in [0.15, 0.2) is 48.5 Å². The highest BCUT2D eigenvalue weighted by Gasteiger charge is 2.31. The summed E-state index contributed by atoms with van der Waals surface area (Å²) in [5.74, 6) is -2.24. The number of ether oxygens (including phenoxy) is 2. The number of primary amides is 1. The second-order valence-electron chi connectivity index (χ2n) is 10.0. The Morgan fingerprint density at radius 1 is 0.854 bits per heavy atom. The first-order valence-corrected chi connectivity index (χ1v) is 13.4. The van der Waals surface area contributed by atoms with Crippen LogP contribution in [0.3, 0.4) is 0 Å². The molecule has 41 heavy (non-hydrogen) atoms. The number of rotatable bonds is 13. The summed E-state index contributed by atoms with van der Waals surface area (Å²) < 4.78 is 10.3. The minimum Gasteiger partial charge on any atom is -0.449 e. The van der Waals surface area contributed by atoms with Gasteiger partial charge in [0.15, 0.2) is 6.73 Å². The van der Waals surface area contributed by atoms with Gasteiger partial charge in [0.1, 0.15) is 18.7 Å². The van der Waals surface area contributed by atoms with Crippen LogP contribution >= 0.6 is 0 Å². The van der Waals surface area contributed by atoms with Crippen LogP contribution in [0.25, 0.3) is 11.1 Å². The molecule has 0 fully saturated rings. The van der Waals surface area contributed by atoms with Crippen LogP contribution in [0, 0.1) is 5.92 Å². The average molecular weight is 568 g/mol. The molecule has 0 spiro atoms. The minimum absolute atomic E-state index is 0.0837. The summed E-state index contributed by atoms with van der Waals surface area (Å²) in [5.41, 5.74) is 9.40. The van der Waals surface area contributed by atoms with Crippen LogP contribution in [0.1, 0.15) is 50.7 Å². The molecule has 0 saturated heterocycles. The smallest absolute Gasteiger partial charge is 0.407 e. The van der Waals surface area contributed by atoms with Crippen molar-refractivity contribution in [2.45, 2.75) is 51.6 Å². The molecular formula is C29H37N5O7. The zero-order valence-corrected chi connectivity index (χ0v) is 23.4. The largest absolute Gasteiger partial charge is 0.449 e. The number of benzene rings is 2. The second kappa shape index (κ2) is 14.7. The van der Waals surface area contributed by atoms with Crippen molar-refractivity contribution in [2.75, 3.05) is 19.9 Å². The predicted molar refractivity (Wildman–Crippen MR) is 150 cm³/mol. The molecule has 1 aliphatic carbocycles. The van der Waals surface area contributed by atoms with Crippen molar-refractivity contribution >= 4 is 29.9 Å². The monoisotopic (exact) mass is 567 g/mol. The van der Waals surface area contributed by atoms with Gasteiger partial charge in [-0.05, 0) is 41.0 Å². The van der Waals surface area contributed by atoms with E-state index in [1.165, 1.54) is 6.92 Å². The molecule has 220 valence electrons.